The summed E-state index contributed by atoms with van der Waals surface area (Å²) >= 11 is 0. The number of rotatable bonds is 3. The Morgan fingerprint density at radius 1 is 1.50 bits per heavy atom. The number of nitrogens with zero attached hydrogens (tertiary/aromatic N) is 2. The number of carbonyl (C=O) groups excluding carboxylic acids is 1. The van der Waals surface area contributed by atoms with Crippen LogP contribution < -0.4 is 5.32 Å². The smallest absolute Gasteiger partial charge is 0.376 e. The van der Waals surface area contributed by atoms with E-state index in [4.69, 9.17) is 0 Å². The number of esters is 1. The van der Waals surface area contributed by atoms with Crippen molar-refractivity contribution in [1.82, 2.24) is 15.3 Å². The van der Waals surface area contributed by atoms with Crippen molar-refractivity contribution in [2.45, 2.75) is 6.42 Å². The average molecular weight is 219 g/mol. The number of aromatic nitrogens is 2. The highest BCUT2D eigenvalue weighted by atomic mass is 16.5. The number of methoxy groups -OCH3 is 1. The Hall–Kier alpha value is -1.93. The second kappa shape index (κ2) is 6.53. The molecular weight excluding hydrogens is 206 g/mol. The van der Waals surface area contributed by atoms with Crippen molar-refractivity contribution >= 4 is 5.97 Å². The first-order valence-corrected chi connectivity index (χ1v) is 4.81. The zero-order valence-electron chi connectivity index (χ0n) is 9.28. The summed E-state index contributed by atoms with van der Waals surface area (Å²) in [5.74, 6) is 5.35. The van der Waals surface area contributed by atoms with E-state index in [2.05, 4.69) is 31.9 Å². The van der Waals surface area contributed by atoms with E-state index < -0.39 is 5.97 Å². The van der Waals surface area contributed by atoms with Crippen LogP contribution in [0.4, 0.5) is 0 Å². The normalized spacial score (nSPS) is 9.12. The lowest BCUT2D eigenvalue weighted by atomic mass is 10.3. The lowest BCUT2D eigenvalue weighted by molar-refractivity contribution is 0.0586. The molecule has 16 heavy (non-hydrogen) atoms. The maximum absolute atomic E-state index is 11.0. The first-order valence-electron chi connectivity index (χ1n) is 4.81. The predicted molar refractivity (Wildman–Crippen MR) is 58.8 cm³/mol. The van der Waals surface area contributed by atoms with E-state index in [0.29, 0.717) is 5.56 Å². The van der Waals surface area contributed by atoms with Crippen LogP contribution >= 0.6 is 0 Å². The van der Waals surface area contributed by atoms with E-state index in [0.717, 1.165) is 13.0 Å². The molecule has 0 aliphatic rings. The van der Waals surface area contributed by atoms with Crippen LogP contribution in [-0.4, -0.2) is 36.6 Å². The number of hydrogen-bond donors (Lipinski definition) is 1. The second-order valence-corrected chi connectivity index (χ2v) is 2.94. The molecule has 1 rings (SSSR count). The summed E-state index contributed by atoms with van der Waals surface area (Å²) in [5.41, 5.74) is 0.684. The highest BCUT2D eigenvalue weighted by molar-refractivity contribution is 5.84. The van der Waals surface area contributed by atoms with Gasteiger partial charge in [-0.05, 0) is 7.05 Å². The minimum atomic E-state index is -0.547. The third-order valence-corrected chi connectivity index (χ3v) is 1.75. The molecule has 0 saturated carbocycles. The van der Waals surface area contributed by atoms with Crippen LogP contribution in [-0.2, 0) is 4.74 Å². The van der Waals surface area contributed by atoms with Crippen LogP contribution in [0, 0.1) is 11.8 Å². The van der Waals surface area contributed by atoms with Crippen LogP contribution in [0.25, 0.3) is 0 Å². The standard InChI is InChI=1S/C11H13N3O2/c1-12-6-4-3-5-9-7-13-10(14-8-9)11(15)16-2/h7-8,12H,4,6H2,1-2H3. The van der Waals surface area contributed by atoms with Gasteiger partial charge >= 0.3 is 5.97 Å². The molecular formula is C11H13N3O2. The van der Waals surface area contributed by atoms with E-state index in [1.54, 1.807) is 0 Å². The Kier molecular flexibility index (Phi) is 4.96. The van der Waals surface area contributed by atoms with E-state index in [1.807, 2.05) is 7.05 Å². The zero-order chi connectivity index (χ0) is 11.8. The Morgan fingerprint density at radius 3 is 2.75 bits per heavy atom. The fourth-order valence-corrected chi connectivity index (χ4v) is 0.941. The summed E-state index contributed by atoms with van der Waals surface area (Å²) in [6.07, 6.45) is 3.77. The highest BCUT2D eigenvalue weighted by Crippen LogP contribution is 1.95. The van der Waals surface area contributed by atoms with Crippen LogP contribution in [0.2, 0.25) is 0 Å². The van der Waals surface area contributed by atoms with Crippen LogP contribution in [0.5, 0.6) is 0 Å². The molecule has 0 fully saturated rings. The largest absolute Gasteiger partial charge is 0.463 e. The minimum Gasteiger partial charge on any atom is -0.463 e. The van der Waals surface area contributed by atoms with Gasteiger partial charge in [-0.15, -0.1) is 0 Å². The molecule has 0 atom stereocenters. The van der Waals surface area contributed by atoms with E-state index in [9.17, 15) is 4.79 Å². The van der Waals surface area contributed by atoms with Crippen molar-refractivity contribution in [3.05, 3.63) is 23.8 Å². The van der Waals surface area contributed by atoms with Gasteiger partial charge in [-0.25, -0.2) is 14.8 Å². The summed E-state index contributed by atoms with van der Waals surface area (Å²) in [6.45, 7) is 0.841. The highest BCUT2D eigenvalue weighted by Gasteiger charge is 2.07. The Balaban J connectivity index is 2.63. The summed E-state index contributed by atoms with van der Waals surface area (Å²) in [6, 6.07) is 0. The third kappa shape index (κ3) is 3.67. The van der Waals surface area contributed by atoms with Gasteiger partial charge in [0.05, 0.1) is 12.7 Å². The Morgan fingerprint density at radius 2 is 2.19 bits per heavy atom. The van der Waals surface area contributed by atoms with Gasteiger partial charge in [0.2, 0.25) is 5.82 Å². The lowest BCUT2D eigenvalue weighted by Gasteiger charge is -1.96. The van der Waals surface area contributed by atoms with E-state index in [-0.39, 0.29) is 5.82 Å². The van der Waals surface area contributed by atoms with Gasteiger partial charge in [0, 0.05) is 25.4 Å². The topological polar surface area (TPSA) is 64.1 Å². The average Bonchev–Trinajstić information content (AvgIpc) is 2.34. The molecule has 0 saturated heterocycles. The van der Waals surface area contributed by atoms with Crippen molar-refractivity contribution in [2.24, 2.45) is 0 Å². The molecule has 5 nitrogen and oxygen atoms in total. The van der Waals surface area contributed by atoms with Gasteiger partial charge in [-0.1, -0.05) is 11.8 Å². The van der Waals surface area contributed by atoms with Crippen molar-refractivity contribution < 1.29 is 9.53 Å². The molecule has 1 aromatic heterocycles. The monoisotopic (exact) mass is 219 g/mol. The molecule has 0 radical (unpaired) electrons. The zero-order valence-corrected chi connectivity index (χ0v) is 9.28. The fourth-order valence-electron chi connectivity index (χ4n) is 0.941. The molecule has 0 aliphatic carbocycles. The van der Waals surface area contributed by atoms with Gasteiger partial charge in [-0.2, -0.15) is 0 Å². The van der Waals surface area contributed by atoms with Gasteiger partial charge in [0.1, 0.15) is 0 Å². The van der Waals surface area contributed by atoms with E-state index >= 15 is 0 Å². The molecule has 0 aromatic carbocycles. The molecule has 1 aromatic rings. The maximum Gasteiger partial charge on any atom is 0.376 e. The predicted octanol–water partition coefficient (Wildman–Crippen LogP) is 0.224. The van der Waals surface area contributed by atoms with Crippen molar-refractivity contribution in [3.8, 4) is 11.8 Å². The molecule has 0 aliphatic heterocycles. The van der Waals surface area contributed by atoms with Gasteiger partial charge in [0.15, 0.2) is 0 Å². The number of carbonyl (C=O) groups is 1. The summed E-state index contributed by atoms with van der Waals surface area (Å²) in [7, 11) is 3.16. The quantitative estimate of drug-likeness (QED) is 0.447. The molecule has 0 spiro atoms. The number of hydrogen-bond acceptors (Lipinski definition) is 5. The third-order valence-electron chi connectivity index (χ3n) is 1.75. The fraction of sp³-hybridized carbons (Fsp3) is 0.364. The van der Waals surface area contributed by atoms with E-state index in [1.165, 1.54) is 19.5 Å². The van der Waals surface area contributed by atoms with Crippen molar-refractivity contribution in [2.75, 3.05) is 20.7 Å². The SMILES string of the molecule is CNCCC#Cc1cnc(C(=O)OC)nc1. The molecule has 5 heteroatoms. The van der Waals surface area contributed by atoms with Gasteiger partial charge in [0.25, 0.3) is 0 Å². The minimum absolute atomic E-state index is 0.0447. The van der Waals surface area contributed by atoms with Crippen molar-refractivity contribution in [1.29, 1.82) is 0 Å². The molecule has 1 heterocycles. The van der Waals surface area contributed by atoms with Crippen LogP contribution in [0.3, 0.4) is 0 Å². The molecule has 0 unspecified atom stereocenters. The molecule has 0 amide bonds. The van der Waals surface area contributed by atoms with Gasteiger partial charge in [-0.3, -0.25) is 0 Å². The number of nitrogens with one attached hydrogen (secondary N) is 1. The van der Waals surface area contributed by atoms with Crippen LogP contribution in [0.1, 0.15) is 22.6 Å². The summed E-state index contributed by atoms with van der Waals surface area (Å²) < 4.78 is 4.48. The lowest BCUT2D eigenvalue weighted by Crippen LogP contribution is -2.07. The molecule has 0 bridgehead atoms. The Bertz CT molecular complexity index is 403. The Labute approximate surface area is 94.2 Å². The molecule has 1 N–H and O–H groups in total. The summed E-state index contributed by atoms with van der Waals surface area (Å²) in [5, 5.41) is 2.99. The van der Waals surface area contributed by atoms with Crippen molar-refractivity contribution in [3.63, 3.8) is 0 Å². The summed E-state index contributed by atoms with van der Waals surface area (Å²) in [4.78, 5) is 18.7. The van der Waals surface area contributed by atoms with Crippen LogP contribution in [0.15, 0.2) is 12.4 Å². The molecule has 84 valence electrons. The first kappa shape index (κ1) is 12.1. The second-order valence-electron chi connectivity index (χ2n) is 2.94. The number of ether oxygens (including phenoxy) is 1. The maximum atomic E-state index is 11.0. The first-order chi connectivity index (χ1) is 7.77. The van der Waals surface area contributed by atoms with Gasteiger partial charge < -0.3 is 10.1 Å².